The predicted octanol–water partition coefficient (Wildman–Crippen LogP) is 6.17. The number of amides is 2. The minimum Gasteiger partial charge on any atom is -0.369 e. The molecule has 0 aromatic heterocycles. The Hall–Kier alpha value is -1.94. The zero-order valence-corrected chi connectivity index (χ0v) is 20.9. The Kier molecular flexibility index (Phi) is 6.37. The lowest BCUT2D eigenvalue weighted by Gasteiger charge is -2.17. The van der Waals surface area contributed by atoms with Crippen LogP contribution in [0.2, 0.25) is 5.02 Å². The van der Waals surface area contributed by atoms with Crippen LogP contribution < -0.4 is 11.1 Å². The molecule has 0 heterocycles. The summed E-state index contributed by atoms with van der Waals surface area (Å²) in [6.45, 7) is 0. The van der Waals surface area contributed by atoms with Gasteiger partial charge in [0.15, 0.2) is 0 Å². The highest BCUT2D eigenvalue weighted by atomic mass is 127. The van der Waals surface area contributed by atoms with Crippen molar-refractivity contribution in [2.75, 3.05) is 5.32 Å². The Morgan fingerprint density at radius 1 is 1.00 bits per heavy atom. The molecule has 1 aliphatic rings. The van der Waals surface area contributed by atoms with E-state index in [1.54, 1.807) is 12.1 Å². The van der Waals surface area contributed by atoms with E-state index in [-0.39, 0.29) is 21.8 Å². The first-order valence-electron chi connectivity index (χ1n) is 9.49. The number of rotatable bonds is 5. The number of nitrogens with one attached hydrogen (secondary N) is 1. The third-order valence-corrected chi connectivity index (χ3v) is 7.76. The Morgan fingerprint density at radius 2 is 1.67 bits per heavy atom. The molecule has 4 rings (SSSR count). The fourth-order valence-corrected chi connectivity index (χ4v) is 5.71. The summed E-state index contributed by atoms with van der Waals surface area (Å²) in [6, 6.07) is 14.3. The van der Waals surface area contributed by atoms with Crippen LogP contribution in [0.3, 0.4) is 0 Å². The van der Waals surface area contributed by atoms with Crippen LogP contribution in [0, 0.1) is 15.2 Å². The van der Waals surface area contributed by atoms with Gasteiger partial charge < -0.3 is 11.1 Å². The normalized spacial score (nSPS) is 20.8. The van der Waals surface area contributed by atoms with Crippen LogP contribution in [0.1, 0.15) is 27.4 Å². The van der Waals surface area contributed by atoms with E-state index in [0.29, 0.717) is 11.6 Å². The number of hydrogen-bond donors (Lipinski definition) is 2. The molecule has 1 saturated carbocycles. The molecule has 33 heavy (non-hydrogen) atoms. The molecule has 4 nitrogen and oxygen atoms in total. The van der Waals surface area contributed by atoms with Crippen LogP contribution >= 0.6 is 57.4 Å². The van der Waals surface area contributed by atoms with Gasteiger partial charge in [-0.15, -0.1) is 0 Å². The second kappa shape index (κ2) is 8.69. The van der Waals surface area contributed by atoms with Gasteiger partial charge in [-0.2, -0.15) is 0 Å². The molecule has 1 aliphatic carbocycles. The van der Waals surface area contributed by atoms with Gasteiger partial charge in [0.05, 0.1) is 16.3 Å². The van der Waals surface area contributed by atoms with Crippen molar-refractivity contribution in [3.05, 3.63) is 97.6 Å². The fraction of sp³-hybridized carbons (Fsp3) is 0.130. The van der Waals surface area contributed by atoms with Gasteiger partial charge in [-0.05, 0) is 70.1 Å². The number of carbonyl (C=O) groups excluding carboxylic acids is 2. The highest BCUT2D eigenvalue weighted by Crippen LogP contribution is 2.74. The third-order valence-electron chi connectivity index (χ3n) is 5.68. The monoisotopic (exact) mass is 620 g/mol. The zero-order chi connectivity index (χ0) is 24.1. The molecule has 0 aliphatic heterocycles. The van der Waals surface area contributed by atoms with E-state index < -0.39 is 39.1 Å². The lowest BCUT2D eigenvalue weighted by atomic mass is 9.88. The molecule has 2 amide bonds. The SMILES string of the molecule is NC(=O)C1(c2ccc(Cl)c(C(=O)Nc3ccc(F)cc3F)c2)C(c2ccc(I)cc2)C1(Cl)Cl. The number of halogens is 6. The number of alkyl halides is 2. The van der Waals surface area contributed by atoms with Crippen molar-refractivity contribution in [3.8, 4) is 0 Å². The summed E-state index contributed by atoms with van der Waals surface area (Å²) >= 11 is 21.6. The molecule has 0 bridgehead atoms. The highest BCUT2D eigenvalue weighted by Gasteiger charge is 2.80. The number of anilines is 1. The van der Waals surface area contributed by atoms with E-state index in [0.717, 1.165) is 15.7 Å². The van der Waals surface area contributed by atoms with Gasteiger partial charge in [0.2, 0.25) is 5.91 Å². The van der Waals surface area contributed by atoms with Crippen molar-refractivity contribution in [2.45, 2.75) is 15.7 Å². The number of hydrogen-bond acceptors (Lipinski definition) is 2. The minimum atomic E-state index is -1.57. The van der Waals surface area contributed by atoms with E-state index in [1.165, 1.54) is 18.2 Å². The number of primary amides is 1. The molecule has 0 spiro atoms. The third kappa shape index (κ3) is 3.99. The Balaban J connectivity index is 1.75. The number of benzene rings is 3. The van der Waals surface area contributed by atoms with Crippen LogP contribution in [0.5, 0.6) is 0 Å². The van der Waals surface area contributed by atoms with Gasteiger partial charge in [-0.1, -0.05) is 53.0 Å². The smallest absolute Gasteiger partial charge is 0.257 e. The lowest BCUT2D eigenvalue weighted by Crippen LogP contribution is -2.34. The van der Waals surface area contributed by atoms with Crippen molar-refractivity contribution in [3.63, 3.8) is 0 Å². The molecular weight excluding hydrogens is 608 g/mol. The molecule has 3 aromatic rings. The van der Waals surface area contributed by atoms with Gasteiger partial charge in [0.25, 0.3) is 5.91 Å². The van der Waals surface area contributed by atoms with E-state index >= 15 is 0 Å². The quantitative estimate of drug-likeness (QED) is 0.264. The Bertz CT molecular complexity index is 1290. The summed E-state index contributed by atoms with van der Waals surface area (Å²) in [7, 11) is 0. The van der Waals surface area contributed by atoms with E-state index in [4.69, 9.17) is 40.5 Å². The van der Waals surface area contributed by atoms with Gasteiger partial charge >= 0.3 is 0 Å². The maximum atomic E-state index is 14.0. The first-order valence-corrected chi connectivity index (χ1v) is 11.7. The van der Waals surface area contributed by atoms with Crippen LogP contribution in [0.15, 0.2) is 60.7 Å². The van der Waals surface area contributed by atoms with Gasteiger partial charge in [0.1, 0.15) is 21.4 Å². The molecule has 0 saturated heterocycles. The summed E-state index contributed by atoms with van der Waals surface area (Å²) < 4.78 is 26.6. The molecule has 1 fully saturated rings. The van der Waals surface area contributed by atoms with Crippen LogP contribution in [0.25, 0.3) is 0 Å². The maximum absolute atomic E-state index is 14.0. The summed E-state index contributed by atoms with van der Waals surface area (Å²) in [5.41, 5.74) is 4.96. The second-order valence-electron chi connectivity index (χ2n) is 7.55. The van der Waals surface area contributed by atoms with Crippen molar-refractivity contribution >= 4 is 74.9 Å². The van der Waals surface area contributed by atoms with E-state index in [2.05, 4.69) is 27.9 Å². The molecule has 3 aromatic carbocycles. The topological polar surface area (TPSA) is 72.2 Å². The van der Waals surface area contributed by atoms with Crippen LogP contribution in [-0.2, 0) is 10.2 Å². The minimum absolute atomic E-state index is 0.0413. The predicted molar refractivity (Wildman–Crippen MR) is 133 cm³/mol. The molecule has 3 N–H and O–H groups in total. The molecule has 170 valence electrons. The van der Waals surface area contributed by atoms with Gasteiger partial charge in [0, 0.05) is 15.6 Å². The molecule has 0 radical (unpaired) electrons. The van der Waals surface area contributed by atoms with Crippen molar-refractivity contribution in [1.29, 1.82) is 0 Å². The first-order chi connectivity index (χ1) is 15.5. The maximum Gasteiger partial charge on any atom is 0.257 e. The van der Waals surface area contributed by atoms with Gasteiger partial charge in [-0.3, -0.25) is 9.59 Å². The van der Waals surface area contributed by atoms with Crippen LogP contribution in [-0.4, -0.2) is 16.1 Å². The summed E-state index contributed by atoms with van der Waals surface area (Å²) in [6.07, 6.45) is 0. The largest absolute Gasteiger partial charge is 0.369 e. The van der Waals surface area contributed by atoms with Gasteiger partial charge in [-0.25, -0.2) is 8.78 Å². The van der Waals surface area contributed by atoms with E-state index in [9.17, 15) is 18.4 Å². The van der Waals surface area contributed by atoms with Crippen molar-refractivity contribution < 1.29 is 18.4 Å². The summed E-state index contributed by atoms with van der Waals surface area (Å²) in [5, 5.41) is 2.39. The Labute approximate surface area is 216 Å². The zero-order valence-electron chi connectivity index (χ0n) is 16.5. The molecule has 10 heteroatoms. The average molecular weight is 622 g/mol. The first kappa shape index (κ1) is 24.2. The van der Waals surface area contributed by atoms with Crippen LogP contribution in [0.4, 0.5) is 14.5 Å². The molecular formula is C23H14Cl3F2IN2O2. The second-order valence-corrected chi connectivity index (χ2v) is 10.6. The average Bonchev–Trinajstić information content (AvgIpc) is 3.28. The van der Waals surface area contributed by atoms with Crippen molar-refractivity contribution in [1.82, 2.24) is 0 Å². The standard InChI is InChI=1S/C23H14Cl3F2IN2O2/c24-16-7-3-12(9-15(16)20(32)31-18-8-4-13(27)10-17(18)28)22(21(30)33)19(23(22,25)26)11-1-5-14(29)6-2-11/h1-10,19H,(H2,30,33)(H,31,32). The number of nitrogens with two attached hydrogens (primary N) is 1. The lowest BCUT2D eigenvalue weighted by molar-refractivity contribution is -0.120. The van der Waals surface area contributed by atoms with Crippen molar-refractivity contribution in [2.24, 2.45) is 5.73 Å². The molecule has 2 unspecified atom stereocenters. The Morgan fingerprint density at radius 3 is 2.27 bits per heavy atom. The number of carbonyl (C=O) groups is 2. The fourth-order valence-electron chi connectivity index (χ4n) is 4.05. The molecule has 2 atom stereocenters. The summed E-state index contributed by atoms with van der Waals surface area (Å²) in [5.74, 6) is -3.95. The highest BCUT2D eigenvalue weighted by molar-refractivity contribution is 14.1. The summed E-state index contributed by atoms with van der Waals surface area (Å²) in [4.78, 5) is 25.6. The van der Waals surface area contributed by atoms with E-state index in [1.807, 2.05) is 12.1 Å².